The van der Waals surface area contributed by atoms with Crippen LogP contribution in [0.4, 0.5) is 0 Å². The van der Waals surface area contributed by atoms with Crippen LogP contribution in [0.1, 0.15) is 45.7 Å². The van der Waals surface area contributed by atoms with Crippen molar-refractivity contribution >= 4 is 0 Å². The lowest BCUT2D eigenvalue weighted by atomic mass is 9.93. The van der Waals surface area contributed by atoms with E-state index in [9.17, 15) is 0 Å². The van der Waals surface area contributed by atoms with Gasteiger partial charge in [-0.15, -0.1) is 0 Å². The number of hydrogen-bond donors (Lipinski definition) is 1. The summed E-state index contributed by atoms with van der Waals surface area (Å²) in [5.41, 5.74) is 7.10. The van der Waals surface area contributed by atoms with Crippen LogP contribution in [0.2, 0.25) is 0 Å². The van der Waals surface area contributed by atoms with Gasteiger partial charge in [-0.1, -0.05) is 26.8 Å². The Hall–Kier alpha value is -1.09. The minimum Gasteiger partial charge on any atom is -0.477 e. The van der Waals surface area contributed by atoms with Crippen molar-refractivity contribution in [1.82, 2.24) is 4.98 Å². The third-order valence-electron chi connectivity index (χ3n) is 2.38. The lowest BCUT2D eigenvalue weighted by Gasteiger charge is -2.19. The highest BCUT2D eigenvalue weighted by molar-refractivity contribution is 5.28. The molecule has 1 aromatic rings. The molecule has 0 radical (unpaired) electrons. The van der Waals surface area contributed by atoms with E-state index in [0.29, 0.717) is 12.5 Å². The Labute approximate surface area is 98.0 Å². The maximum atomic E-state index is 5.85. The molecule has 0 aliphatic heterocycles. The number of ether oxygens (including phenoxy) is 1. The zero-order valence-corrected chi connectivity index (χ0v) is 10.7. The number of aromatic nitrogens is 1. The van der Waals surface area contributed by atoms with Gasteiger partial charge in [0.15, 0.2) is 0 Å². The average Bonchev–Trinajstić information content (AvgIpc) is 2.16. The van der Waals surface area contributed by atoms with Crippen LogP contribution in [0.5, 0.6) is 5.88 Å². The van der Waals surface area contributed by atoms with Gasteiger partial charge in [-0.25, -0.2) is 4.98 Å². The molecule has 1 rings (SSSR count). The fraction of sp³-hybridized carbons (Fsp3) is 0.615. The van der Waals surface area contributed by atoms with E-state index in [1.54, 1.807) is 6.20 Å². The fourth-order valence-electron chi connectivity index (χ4n) is 1.32. The van der Waals surface area contributed by atoms with Gasteiger partial charge in [-0.2, -0.15) is 0 Å². The summed E-state index contributed by atoms with van der Waals surface area (Å²) in [5.74, 6) is 0.668. The summed E-state index contributed by atoms with van der Waals surface area (Å²) in [6.07, 6.45) is 2.74. The number of nitrogens with zero attached hydrogens (tertiary/aromatic N) is 1. The first-order valence-electron chi connectivity index (χ1n) is 5.73. The third-order valence-corrected chi connectivity index (χ3v) is 2.38. The predicted octanol–water partition coefficient (Wildman–Crippen LogP) is 2.92. The van der Waals surface area contributed by atoms with Gasteiger partial charge in [-0.3, -0.25) is 0 Å². The van der Waals surface area contributed by atoms with Crippen molar-refractivity contribution in [1.29, 1.82) is 0 Å². The quantitative estimate of drug-likeness (QED) is 0.852. The SMILES string of the molecule is CC(N)c1cccnc1OCCC(C)(C)C. The molecule has 1 aromatic heterocycles. The van der Waals surface area contributed by atoms with E-state index >= 15 is 0 Å². The molecule has 0 amide bonds. The normalized spacial score (nSPS) is 13.6. The zero-order valence-electron chi connectivity index (χ0n) is 10.7. The highest BCUT2D eigenvalue weighted by Crippen LogP contribution is 2.23. The lowest BCUT2D eigenvalue weighted by molar-refractivity contribution is 0.234. The first kappa shape index (κ1) is 13.0. The Morgan fingerprint density at radius 1 is 1.44 bits per heavy atom. The van der Waals surface area contributed by atoms with Crippen molar-refractivity contribution in [2.45, 2.75) is 40.2 Å². The van der Waals surface area contributed by atoms with Crippen LogP contribution in [0.25, 0.3) is 0 Å². The molecule has 1 unspecified atom stereocenters. The molecule has 16 heavy (non-hydrogen) atoms. The van der Waals surface area contributed by atoms with Gasteiger partial charge in [0.25, 0.3) is 0 Å². The molecule has 0 fully saturated rings. The molecule has 1 heterocycles. The highest BCUT2D eigenvalue weighted by atomic mass is 16.5. The zero-order chi connectivity index (χ0) is 12.2. The second kappa shape index (κ2) is 5.30. The summed E-state index contributed by atoms with van der Waals surface area (Å²) in [4.78, 5) is 4.22. The van der Waals surface area contributed by atoms with Gasteiger partial charge in [-0.05, 0) is 24.8 Å². The van der Waals surface area contributed by atoms with Crippen LogP contribution in [-0.4, -0.2) is 11.6 Å². The van der Waals surface area contributed by atoms with E-state index in [1.807, 2.05) is 19.1 Å². The number of pyridine rings is 1. The molecule has 0 aliphatic carbocycles. The molecule has 0 spiro atoms. The van der Waals surface area contributed by atoms with Crippen LogP contribution in [0, 0.1) is 5.41 Å². The van der Waals surface area contributed by atoms with Gasteiger partial charge in [0.05, 0.1) is 6.61 Å². The highest BCUT2D eigenvalue weighted by Gasteiger charge is 2.12. The van der Waals surface area contributed by atoms with Gasteiger partial charge in [0.2, 0.25) is 5.88 Å². The van der Waals surface area contributed by atoms with Crippen molar-refractivity contribution in [3.8, 4) is 5.88 Å². The minimum atomic E-state index is -0.0432. The summed E-state index contributed by atoms with van der Waals surface area (Å²) in [7, 11) is 0. The number of nitrogens with two attached hydrogens (primary N) is 1. The van der Waals surface area contributed by atoms with E-state index in [-0.39, 0.29) is 11.5 Å². The summed E-state index contributed by atoms with van der Waals surface area (Å²) < 4.78 is 5.68. The van der Waals surface area contributed by atoms with Gasteiger partial charge in [0, 0.05) is 17.8 Å². The van der Waals surface area contributed by atoms with E-state index in [4.69, 9.17) is 10.5 Å². The molecule has 0 saturated carbocycles. The third kappa shape index (κ3) is 4.19. The summed E-state index contributed by atoms with van der Waals surface area (Å²) >= 11 is 0. The van der Waals surface area contributed by atoms with Crippen LogP contribution in [0.3, 0.4) is 0 Å². The van der Waals surface area contributed by atoms with Crippen molar-refractivity contribution in [2.75, 3.05) is 6.61 Å². The predicted molar refractivity (Wildman–Crippen MR) is 66.4 cm³/mol. The Bertz CT molecular complexity index is 329. The maximum Gasteiger partial charge on any atom is 0.218 e. The molecule has 3 heteroatoms. The molecule has 0 bridgehead atoms. The Morgan fingerprint density at radius 3 is 2.69 bits per heavy atom. The Morgan fingerprint density at radius 2 is 2.12 bits per heavy atom. The molecule has 3 nitrogen and oxygen atoms in total. The van der Waals surface area contributed by atoms with Crippen LogP contribution >= 0.6 is 0 Å². The van der Waals surface area contributed by atoms with Crippen molar-refractivity contribution in [2.24, 2.45) is 11.1 Å². The molecule has 0 aromatic carbocycles. The fourth-order valence-corrected chi connectivity index (χ4v) is 1.32. The largest absolute Gasteiger partial charge is 0.477 e. The van der Waals surface area contributed by atoms with E-state index in [1.165, 1.54) is 0 Å². The average molecular weight is 222 g/mol. The monoisotopic (exact) mass is 222 g/mol. The van der Waals surface area contributed by atoms with Gasteiger partial charge < -0.3 is 10.5 Å². The van der Waals surface area contributed by atoms with Crippen molar-refractivity contribution in [3.05, 3.63) is 23.9 Å². The van der Waals surface area contributed by atoms with Crippen LogP contribution < -0.4 is 10.5 Å². The second-order valence-corrected chi connectivity index (χ2v) is 5.35. The molecule has 0 aliphatic rings. The number of hydrogen-bond acceptors (Lipinski definition) is 3. The van der Waals surface area contributed by atoms with E-state index in [0.717, 1.165) is 12.0 Å². The van der Waals surface area contributed by atoms with Gasteiger partial charge >= 0.3 is 0 Å². The maximum absolute atomic E-state index is 5.85. The first-order chi connectivity index (χ1) is 7.40. The molecular weight excluding hydrogens is 200 g/mol. The smallest absolute Gasteiger partial charge is 0.218 e. The van der Waals surface area contributed by atoms with Crippen molar-refractivity contribution in [3.63, 3.8) is 0 Å². The van der Waals surface area contributed by atoms with E-state index in [2.05, 4.69) is 25.8 Å². The topological polar surface area (TPSA) is 48.1 Å². The summed E-state index contributed by atoms with van der Waals surface area (Å²) in [6.45, 7) is 9.21. The summed E-state index contributed by atoms with van der Waals surface area (Å²) in [5, 5.41) is 0. The van der Waals surface area contributed by atoms with Crippen molar-refractivity contribution < 1.29 is 4.74 Å². The molecule has 2 N–H and O–H groups in total. The minimum absolute atomic E-state index is 0.0432. The summed E-state index contributed by atoms with van der Waals surface area (Å²) in [6, 6.07) is 3.80. The first-order valence-corrected chi connectivity index (χ1v) is 5.73. The van der Waals surface area contributed by atoms with E-state index < -0.39 is 0 Å². The molecular formula is C13H22N2O. The molecule has 0 saturated heterocycles. The van der Waals surface area contributed by atoms with Crippen LogP contribution in [0.15, 0.2) is 18.3 Å². The Balaban J connectivity index is 2.60. The standard InChI is InChI=1S/C13H22N2O/c1-10(14)11-6-5-8-15-12(11)16-9-7-13(2,3)4/h5-6,8,10H,7,9,14H2,1-4H3. The Kier molecular flexibility index (Phi) is 4.30. The second-order valence-electron chi connectivity index (χ2n) is 5.35. The number of rotatable bonds is 4. The van der Waals surface area contributed by atoms with Crippen LogP contribution in [-0.2, 0) is 0 Å². The lowest BCUT2D eigenvalue weighted by Crippen LogP contribution is -2.14. The van der Waals surface area contributed by atoms with Gasteiger partial charge in [0.1, 0.15) is 0 Å². The molecule has 1 atom stereocenters. The molecule has 90 valence electrons.